The summed E-state index contributed by atoms with van der Waals surface area (Å²) in [6, 6.07) is 4.85. The number of carbonyl (C=O) groups is 3. The van der Waals surface area contributed by atoms with Gasteiger partial charge in [-0.2, -0.15) is 0 Å². The van der Waals surface area contributed by atoms with Gasteiger partial charge in [-0.25, -0.2) is 14.4 Å². The number of nitrogens with one attached hydrogen (secondary N) is 1. The molecule has 1 atom stereocenters. The van der Waals surface area contributed by atoms with Gasteiger partial charge in [-0.1, -0.05) is 35.3 Å². The molecule has 0 amide bonds. The Kier molecular flexibility index (Phi) is 8.28. The van der Waals surface area contributed by atoms with Crippen molar-refractivity contribution in [1.29, 1.82) is 0 Å². The number of carboxylic acids is 1. The molecule has 1 aliphatic heterocycles. The zero-order valence-electron chi connectivity index (χ0n) is 16.6. The van der Waals surface area contributed by atoms with E-state index in [1.165, 1.54) is 7.11 Å². The maximum absolute atomic E-state index is 12.9. The summed E-state index contributed by atoms with van der Waals surface area (Å²) in [5.74, 6) is -3.52. The van der Waals surface area contributed by atoms with Gasteiger partial charge in [0.2, 0.25) is 0 Å². The highest BCUT2D eigenvalue weighted by Gasteiger charge is 2.40. The van der Waals surface area contributed by atoms with E-state index in [9.17, 15) is 14.4 Å². The van der Waals surface area contributed by atoms with Crippen LogP contribution in [0.25, 0.3) is 0 Å². The Hall–Kier alpha value is -2.55. The molecule has 162 valence electrons. The molecule has 1 aromatic rings. The summed E-state index contributed by atoms with van der Waals surface area (Å²) in [7, 11) is 1.22. The average molecular weight is 458 g/mol. The van der Waals surface area contributed by atoms with Crippen molar-refractivity contribution in [1.82, 2.24) is 5.32 Å². The molecule has 10 heteroatoms. The summed E-state index contributed by atoms with van der Waals surface area (Å²) < 4.78 is 15.3. The molecule has 30 heavy (non-hydrogen) atoms. The topological polar surface area (TPSA) is 111 Å². The maximum Gasteiger partial charge on any atom is 0.336 e. The number of hydrogen-bond acceptors (Lipinski definition) is 7. The second kappa shape index (κ2) is 10.5. The van der Waals surface area contributed by atoms with Crippen molar-refractivity contribution in [2.75, 3.05) is 26.9 Å². The fourth-order valence-electron chi connectivity index (χ4n) is 3.14. The van der Waals surface area contributed by atoms with Crippen molar-refractivity contribution in [3.05, 3.63) is 56.3 Å². The van der Waals surface area contributed by atoms with Crippen molar-refractivity contribution < 1.29 is 33.7 Å². The number of rotatable bonds is 8. The molecule has 0 saturated carbocycles. The molecule has 0 spiro atoms. The second-order valence-corrected chi connectivity index (χ2v) is 7.02. The fraction of sp³-hybridized carbons (Fsp3) is 0.350. The lowest BCUT2D eigenvalue weighted by Crippen LogP contribution is -2.35. The number of benzene rings is 1. The summed E-state index contributed by atoms with van der Waals surface area (Å²) in [5.41, 5.74) is 1.24. The van der Waals surface area contributed by atoms with E-state index in [0.717, 1.165) is 0 Å². The molecule has 1 aromatic carbocycles. The van der Waals surface area contributed by atoms with Gasteiger partial charge in [0, 0.05) is 5.70 Å². The van der Waals surface area contributed by atoms with E-state index in [0.29, 0.717) is 11.3 Å². The van der Waals surface area contributed by atoms with Gasteiger partial charge < -0.3 is 24.6 Å². The fourth-order valence-corrected chi connectivity index (χ4v) is 3.55. The van der Waals surface area contributed by atoms with Crippen LogP contribution in [0.3, 0.4) is 0 Å². The average Bonchev–Trinajstić information content (AvgIpc) is 2.69. The largest absolute Gasteiger partial charge is 0.480 e. The quantitative estimate of drug-likeness (QED) is 0.572. The number of methoxy groups -OCH3 is 1. The molecule has 0 fully saturated rings. The third kappa shape index (κ3) is 5.13. The van der Waals surface area contributed by atoms with Gasteiger partial charge in [0.15, 0.2) is 0 Å². The Morgan fingerprint density at radius 3 is 2.47 bits per heavy atom. The third-order valence-electron chi connectivity index (χ3n) is 4.31. The third-order valence-corrected chi connectivity index (χ3v) is 5.14. The highest BCUT2D eigenvalue weighted by atomic mass is 35.5. The zero-order chi connectivity index (χ0) is 22.4. The summed E-state index contributed by atoms with van der Waals surface area (Å²) in [6.07, 6.45) is 0. The Morgan fingerprint density at radius 2 is 1.87 bits per heavy atom. The van der Waals surface area contributed by atoms with Crippen molar-refractivity contribution >= 4 is 41.1 Å². The molecule has 0 saturated heterocycles. The SMILES string of the molecule is CCOC(=O)C1=C(COCC(=O)O)NC(C)=C(C(=O)OC)C1c1cccc(Cl)c1Cl. The van der Waals surface area contributed by atoms with E-state index in [2.05, 4.69) is 5.32 Å². The van der Waals surface area contributed by atoms with Crippen molar-refractivity contribution in [2.45, 2.75) is 19.8 Å². The van der Waals surface area contributed by atoms with Crippen LogP contribution >= 0.6 is 23.2 Å². The first-order valence-corrected chi connectivity index (χ1v) is 9.68. The van der Waals surface area contributed by atoms with Gasteiger partial charge in [0.1, 0.15) is 6.61 Å². The van der Waals surface area contributed by atoms with Gasteiger partial charge in [0.25, 0.3) is 0 Å². The van der Waals surface area contributed by atoms with Crippen LogP contribution in [0, 0.1) is 0 Å². The van der Waals surface area contributed by atoms with Crippen LogP contribution in [0.1, 0.15) is 25.3 Å². The number of aliphatic carboxylic acids is 1. The molecule has 2 rings (SSSR count). The minimum absolute atomic E-state index is 0.0532. The minimum atomic E-state index is -1.17. The molecular formula is C20H21Cl2NO7. The molecule has 0 aromatic heterocycles. The number of allylic oxidation sites excluding steroid dienone is 1. The summed E-state index contributed by atoms with van der Waals surface area (Å²) in [5, 5.41) is 12.2. The lowest BCUT2D eigenvalue weighted by molar-refractivity contribution is -0.142. The van der Waals surface area contributed by atoms with E-state index in [4.69, 9.17) is 42.5 Å². The van der Waals surface area contributed by atoms with Crippen molar-refractivity contribution in [2.24, 2.45) is 0 Å². The summed E-state index contributed by atoms with van der Waals surface area (Å²) >= 11 is 12.6. The number of halogens is 2. The van der Waals surface area contributed by atoms with Gasteiger partial charge in [-0.05, 0) is 25.5 Å². The van der Waals surface area contributed by atoms with Gasteiger partial charge >= 0.3 is 17.9 Å². The molecular weight excluding hydrogens is 437 g/mol. The normalized spacial score (nSPS) is 16.2. The number of esters is 2. The number of carbonyl (C=O) groups excluding carboxylic acids is 2. The van der Waals surface area contributed by atoms with E-state index in [-0.39, 0.29) is 40.1 Å². The Labute approximate surface area is 183 Å². The molecule has 1 aliphatic rings. The van der Waals surface area contributed by atoms with Crippen LogP contribution in [0.5, 0.6) is 0 Å². The first-order chi connectivity index (χ1) is 14.2. The summed E-state index contributed by atoms with van der Waals surface area (Å²) in [4.78, 5) is 36.3. The Morgan fingerprint density at radius 1 is 1.17 bits per heavy atom. The number of carboxylic acid groups (broad SMARTS) is 1. The van der Waals surface area contributed by atoms with Crippen LogP contribution in [-0.4, -0.2) is 49.9 Å². The minimum Gasteiger partial charge on any atom is -0.480 e. The van der Waals surface area contributed by atoms with Crippen LogP contribution in [0.2, 0.25) is 10.0 Å². The van der Waals surface area contributed by atoms with Gasteiger partial charge in [0.05, 0.1) is 53.1 Å². The molecule has 2 N–H and O–H groups in total. The Balaban J connectivity index is 2.71. The standard InChI is InChI=1S/C20H21Cl2NO7/c1-4-30-20(27)17-13(8-29-9-14(24)25)23-10(2)15(19(26)28-3)16(17)11-6-5-7-12(21)18(11)22/h5-7,16,23H,4,8-9H2,1-3H3,(H,24,25). The second-order valence-electron chi connectivity index (χ2n) is 6.23. The van der Waals surface area contributed by atoms with E-state index >= 15 is 0 Å². The predicted octanol–water partition coefficient (Wildman–Crippen LogP) is 3.05. The first kappa shape index (κ1) is 23.7. The van der Waals surface area contributed by atoms with E-state index in [1.54, 1.807) is 32.0 Å². The first-order valence-electron chi connectivity index (χ1n) is 8.92. The van der Waals surface area contributed by atoms with Crippen LogP contribution in [-0.2, 0) is 28.6 Å². The van der Waals surface area contributed by atoms with Crippen molar-refractivity contribution in [3.8, 4) is 0 Å². The van der Waals surface area contributed by atoms with E-state index in [1.807, 2.05) is 0 Å². The molecule has 1 heterocycles. The monoisotopic (exact) mass is 457 g/mol. The summed E-state index contributed by atoms with van der Waals surface area (Å²) in [6.45, 7) is 2.53. The predicted molar refractivity (Wildman–Crippen MR) is 109 cm³/mol. The highest BCUT2D eigenvalue weighted by molar-refractivity contribution is 6.42. The molecule has 0 radical (unpaired) electrons. The Bertz CT molecular complexity index is 924. The van der Waals surface area contributed by atoms with Gasteiger partial charge in [-0.15, -0.1) is 0 Å². The van der Waals surface area contributed by atoms with Crippen LogP contribution in [0.4, 0.5) is 0 Å². The number of dihydropyridines is 1. The molecule has 8 nitrogen and oxygen atoms in total. The molecule has 1 unspecified atom stereocenters. The number of ether oxygens (including phenoxy) is 3. The lowest BCUT2D eigenvalue weighted by atomic mass is 9.80. The van der Waals surface area contributed by atoms with Gasteiger partial charge in [-0.3, -0.25) is 0 Å². The lowest BCUT2D eigenvalue weighted by Gasteiger charge is -2.31. The highest BCUT2D eigenvalue weighted by Crippen LogP contribution is 2.43. The maximum atomic E-state index is 12.9. The molecule has 0 aliphatic carbocycles. The van der Waals surface area contributed by atoms with Crippen LogP contribution in [0.15, 0.2) is 40.7 Å². The van der Waals surface area contributed by atoms with E-state index < -0.39 is 30.4 Å². The smallest absolute Gasteiger partial charge is 0.336 e. The number of hydrogen-bond donors (Lipinski definition) is 2. The van der Waals surface area contributed by atoms with Crippen LogP contribution < -0.4 is 5.32 Å². The zero-order valence-corrected chi connectivity index (χ0v) is 18.1. The molecule has 0 bridgehead atoms. The van der Waals surface area contributed by atoms with Crippen molar-refractivity contribution in [3.63, 3.8) is 0 Å².